The highest BCUT2D eigenvalue weighted by molar-refractivity contribution is 8.03. The van der Waals surface area contributed by atoms with Crippen LogP contribution in [0.15, 0.2) is 8.68 Å². The standard InChI is InChI=1S/C13H20N4O2S3/c1-2-9-5-3-4-6-17(9)11(19)8-21-13-16-15-12(22-13)20-7-10(14)18/h9H,2-8H2,1H3,(H2,14,18). The van der Waals surface area contributed by atoms with Gasteiger partial charge in [0.15, 0.2) is 8.68 Å². The van der Waals surface area contributed by atoms with Crippen LogP contribution in [0.2, 0.25) is 0 Å². The van der Waals surface area contributed by atoms with Crippen molar-refractivity contribution in [2.45, 2.75) is 47.3 Å². The molecule has 1 aromatic heterocycles. The number of aromatic nitrogens is 2. The van der Waals surface area contributed by atoms with Crippen LogP contribution < -0.4 is 5.73 Å². The normalized spacial score (nSPS) is 18.4. The Labute approximate surface area is 142 Å². The molecule has 0 bridgehead atoms. The van der Waals surface area contributed by atoms with Gasteiger partial charge in [-0.15, -0.1) is 10.2 Å². The van der Waals surface area contributed by atoms with Crippen LogP contribution in [0.5, 0.6) is 0 Å². The summed E-state index contributed by atoms with van der Waals surface area (Å²) >= 11 is 4.09. The van der Waals surface area contributed by atoms with Gasteiger partial charge in [-0.3, -0.25) is 9.59 Å². The average molecular weight is 361 g/mol. The highest BCUT2D eigenvalue weighted by atomic mass is 32.2. The number of likely N-dealkylation sites (tertiary alicyclic amines) is 1. The predicted molar refractivity (Wildman–Crippen MR) is 90.2 cm³/mol. The lowest BCUT2D eigenvalue weighted by molar-refractivity contribution is -0.132. The second-order valence-corrected chi connectivity index (χ2v) is 8.44. The van der Waals surface area contributed by atoms with E-state index in [1.807, 2.05) is 4.90 Å². The van der Waals surface area contributed by atoms with Crippen molar-refractivity contribution < 1.29 is 9.59 Å². The minimum absolute atomic E-state index is 0.179. The summed E-state index contributed by atoms with van der Waals surface area (Å²) in [5.41, 5.74) is 5.10. The number of rotatable bonds is 7. The van der Waals surface area contributed by atoms with Gasteiger partial charge >= 0.3 is 0 Å². The molecule has 1 unspecified atom stereocenters. The van der Waals surface area contributed by atoms with E-state index in [2.05, 4.69) is 17.1 Å². The molecule has 2 amide bonds. The van der Waals surface area contributed by atoms with Crippen molar-refractivity contribution in [2.75, 3.05) is 18.1 Å². The molecule has 2 rings (SSSR count). The molecule has 1 atom stereocenters. The maximum Gasteiger partial charge on any atom is 0.233 e. The first kappa shape index (κ1) is 17.6. The van der Waals surface area contributed by atoms with E-state index in [0.29, 0.717) is 16.1 Å². The van der Waals surface area contributed by atoms with Crippen molar-refractivity contribution >= 4 is 46.7 Å². The van der Waals surface area contributed by atoms with Gasteiger partial charge in [0.2, 0.25) is 11.8 Å². The Hall–Kier alpha value is -0.800. The molecule has 0 spiro atoms. The van der Waals surface area contributed by atoms with Crippen LogP contribution in [0.1, 0.15) is 32.6 Å². The molecule has 0 aliphatic carbocycles. The Morgan fingerprint density at radius 2 is 1.95 bits per heavy atom. The van der Waals surface area contributed by atoms with Gasteiger partial charge in [0.25, 0.3) is 0 Å². The fourth-order valence-corrected chi connectivity index (χ4v) is 5.05. The first-order chi connectivity index (χ1) is 10.6. The zero-order valence-corrected chi connectivity index (χ0v) is 14.9. The number of carbonyl (C=O) groups is 2. The molecule has 6 nitrogen and oxygen atoms in total. The van der Waals surface area contributed by atoms with Gasteiger partial charge in [-0.2, -0.15) is 0 Å². The highest BCUT2D eigenvalue weighted by Crippen LogP contribution is 2.29. The minimum Gasteiger partial charge on any atom is -0.369 e. The number of thioether (sulfide) groups is 2. The smallest absolute Gasteiger partial charge is 0.233 e. The van der Waals surface area contributed by atoms with Crippen LogP contribution in [0.4, 0.5) is 0 Å². The number of hydrogen-bond acceptors (Lipinski definition) is 7. The van der Waals surface area contributed by atoms with Crippen LogP contribution in [-0.4, -0.2) is 51.0 Å². The number of piperidine rings is 1. The lowest BCUT2D eigenvalue weighted by Gasteiger charge is -2.35. The van der Waals surface area contributed by atoms with Crippen LogP contribution in [0.25, 0.3) is 0 Å². The van der Waals surface area contributed by atoms with Gasteiger partial charge < -0.3 is 10.6 Å². The van der Waals surface area contributed by atoms with E-state index in [-0.39, 0.29) is 17.6 Å². The first-order valence-corrected chi connectivity index (χ1v) is 10.1. The molecule has 0 radical (unpaired) electrons. The topological polar surface area (TPSA) is 89.2 Å². The Morgan fingerprint density at radius 1 is 1.27 bits per heavy atom. The van der Waals surface area contributed by atoms with E-state index in [0.717, 1.165) is 30.1 Å². The number of primary amides is 1. The Kier molecular flexibility index (Phi) is 6.97. The Balaban J connectivity index is 1.81. The molecule has 122 valence electrons. The monoisotopic (exact) mass is 360 g/mol. The van der Waals surface area contributed by atoms with Crippen LogP contribution in [-0.2, 0) is 9.59 Å². The fourth-order valence-electron chi connectivity index (χ4n) is 2.41. The van der Waals surface area contributed by atoms with Gasteiger partial charge in [0.1, 0.15) is 0 Å². The SMILES string of the molecule is CCC1CCCCN1C(=O)CSc1nnc(SCC(N)=O)s1. The van der Waals surface area contributed by atoms with Gasteiger partial charge in [0.05, 0.1) is 11.5 Å². The van der Waals surface area contributed by atoms with Crippen molar-refractivity contribution in [3.05, 3.63) is 0 Å². The summed E-state index contributed by atoms with van der Waals surface area (Å²) in [6.07, 6.45) is 4.44. The van der Waals surface area contributed by atoms with E-state index in [9.17, 15) is 9.59 Å². The summed E-state index contributed by atoms with van der Waals surface area (Å²) in [5.74, 6) is 0.397. The number of nitrogens with two attached hydrogens (primary N) is 1. The molecular weight excluding hydrogens is 340 g/mol. The zero-order chi connectivity index (χ0) is 15.9. The van der Waals surface area contributed by atoms with Gasteiger partial charge in [0, 0.05) is 12.6 Å². The molecule has 2 heterocycles. The Bertz CT molecular complexity index is 523. The zero-order valence-electron chi connectivity index (χ0n) is 12.5. The number of carbonyl (C=O) groups excluding carboxylic acids is 2. The summed E-state index contributed by atoms with van der Waals surface area (Å²) in [5, 5.41) is 8.03. The second kappa shape index (κ2) is 8.73. The van der Waals surface area contributed by atoms with Crippen LogP contribution >= 0.6 is 34.9 Å². The highest BCUT2D eigenvalue weighted by Gasteiger charge is 2.25. The largest absolute Gasteiger partial charge is 0.369 e. The molecule has 1 aromatic rings. The lowest BCUT2D eigenvalue weighted by atomic mass is 10.0. The van der Waals surface area contributed by atoms with Crippen LogP contribution in [0, 0.1) is 0 Å². The number of hydrogen-bond donors (Lipinski definition) is 1. The Morgan fingerprint density at radius 3 is 2.59 bits per heavy atom. The molecule has 1 saturated heterocycles. The van der Waals surface area contributed by atoms with E-state index in [1.165, 1.54) is 41.3 Å². The summed E-state index contributed by atoms with van der Waals surface area (Å²) < 4.78 is 1.46. The summed E-state index contributed by atoms with van der Waals surface area (Å²) in [6, 6.07) is 0.387. The van der Waals surface area contributed by atoms with E-state index in [1.54, 1.807) is 0 Å². The first-order valence-electron chi connectivity index (χ1n) is 7.27. The summed E-state index contributed by atoms with van der Waals surface area (Å²) in [6.45, 7) is 3.00. The number of nitrogens with zero attached hydrogens (tertiary/aromatic N) is 3. The van der Waals surface area contributed by atoms with E-state index < -0.39 is 0 Å². The molecular formula is C13H20N4O2S3. The summed E-state index contributed by atoms with van der Waals surface area (Å²) in [7, 11) is 0. The molecule has 22 heavy (non-hydrogen) atoms. The van der Waals surface area contributed by atoms with Gasteiger partial charge in [-0.05, 0) is 25.7 Å². The maximum absolute atomic E-state index is 12.4. The quantitative estimate of drug-likeness (QED) is 0.748. The molecule has 1 aliphatic rings. The average Bonchev–Trinajstić information content (AvgIpc) is 2.98. The summed E-state index contributed by atoms with van der Waals surface area (Å²) in [4.78, 5) is 25.1. The maximum atomic E-state index is 12.4. The molecule has 1 fully saturated rings. The number of amides is 2. The fraction of sp³-hybridized carbons (Fsp3) is 0.692. The van der Waals surface area contributed by atoms with Crippen molar-refractivity contribution in [3.8, 4) is 0 Å². The van der Waals surface area contributed by atoms with E-state index >= 15 is 0 Å². The second-order valence-electron chi connectivity index (χ2n) is 5.02. The molecule has 0 aromatic carbocycles. The third-order valence-electron chi connectivity index (χ3n) is 3.46. The van der Waals surface area contributed by atoms with Crippen molar-refractivity contribution in [1.29, 1.82) is 0 Å². The van der Waals surface area contributed by atoms with Crippen molar-refractivity contribution in [3.63, 3.8) is 0 Å². The molecule has 9 heteroatoms. The van der Waals surface area contributed by atoms with Crippen molar-refractivity contribution in [1.82, 2.24) is 15.1 Å². The minimum atomic E-state index is -0.375. The lowest BCUT2D eigenvalue weighted by Crippen LogP contribution is -2.44. The van der Waals surface area contributed by atoms with Gasteiger partial charge in [-0.1, -0.05) is 41.8 Å². The molecule has 0 saturated carbocycles. The third-order valence-corrected chi connectivity index (χ3v) is 6.66. The predicted octanol–water partition coefficient (Wildman–Crippen LogP) is 2.00. The third kappa shape index (κ3) is 5.13. The molecule has 2 N–H and O–H groups in total. The molecule has 1 aliphatic heterocycles. The van der Waals surface area contributed by atoms with Crippen molar-refractivity contribution in [2.24, 2.45) is 5.73 Å². The van der Waals surface area contributed by atoms with Gasteiger partial charge in [-0.25, -0.2) is 0 Å². The van der Waals surface area contributed by atoms with E-state index in [4.69, 9.17) is 5.73 Å². The van der Waals surface area contributed by atoms with Crippen LogP contribution in [0.3, 0.4) is 0 Å².